The molecule has 0 radical (unpaired) electrons. The highest BCUT2D eigenvalue weighted by molar-refractivity contribution is 4.73. The van der Waals surface area contributed by atoms with Crippen LogP contribution in [0, 0.1) is 5.92 Å². The van der Waals surface area contributed by atoms with Gasteiger partial charge >= 0.3 is 0 Å². The second-order valence-corrected chi connectivity index (χ2v) is 6.10. The standard InChI is InChI=1S/C14H30N4/c1-16-6-3-14(4-7-16)13-15-5-8-18-11-9-17(2)10-12-18/h14-15H,3-13H2,1-2H3. The molecule has 0 aliphatic carbocycles. The van der Waals surface area contributed by atoms with Crippen LogP contribution >= 0.6 is 0 Å². The molecule has 0 aromatic heterocycles. The first-order valence-corrected chi connectivity index (χ1v) is 7.54. The molecular weight excluding hydrogens is 224 g/mol. The zero-order chi connectivity index (χ0) is 12.8. The van der Waals surface area contributed by atoms with Gasteiger partial charge in [-0.15, -0.1) is 0 Å². The van der Waals surface area contributed by atoms with Crippen LogP contribution in [0.4, 0.5) is 0 Å². The van der Waals surface area contributed by atoms with E-state index in [-0.39, 0.29) is 0 Å². The summed E-state index contributed by atoms with van der Waals surface area (Å²) in [5.41, 5.74) is 0. The first-order valence-electron chi connectivity index (χ1n) is 7.54. The van der Waals surface area contributed by atoms with E-state index in [1.54, 1.807) is 0 Å². The molecule has 0 saturated carbocycles. The van der Waals surface area contributed by atoms with Crippen molar-refractivity contribution in [3.63, 3.8) is 0 Å². The molecule has 0 aromatic rings. The molecule has 106 valence electrons. The monoisotopic (exact) mass is 254 g/mol. The molecule has 0 unspecified atom stereocenters. The van der Waals surface area contributed by atoms with Gasteiger partial charge in [-0.1, -0.05) is 0 Å². The number of hydrogen-bond acceptors (Lipinski definition) is 4. The molecule has 2 rings (SSSR count). The Kier molecular flexibility index (Phi) is 5.89. The Balaban J connectivity index is 1.48. The maximum atomic E-state index is 3.65. The fraction of sp³-hybridized carbons (Fsp3) is 1.00. The molecule has 4 nitrogen and oxygen atoms in total. The van der Waals surface area contributed by atoms with Crippen molar-refractivity contribution in [1.29, 1.82) is 0 Å². The highest BCUT2D eigenvalue weighted by Crippen LogP contribution is 2.14. The van der Waals surface area contributed by atoms with Crippen molar-refractivity contribution >= 4 is 0 Å². The molecule has 2 aliphatic rings. The molecular formula is C14H30N4. The number of rotatable bonds is 5. The van der Waals surface area contributed by atoms with E-state index in [0.29, 0.717) is 0 Å². The molecule has 4 heteroatoms. The Hall–Kier alpha value is -0.160. The molecule has 0 atom stereocenters. The van der Waals surface area contributed by atoms with Crippen molar-refractivity contribution in [2.75, 3.05) is 73.0 Å². The van der Waals surface area contributed by atoms with Gasteiger partial charge < -0.3 is 15.1 Å². The Morgan fingerprint density at radius 1 is 0.889 bits per heavy atom. The molecule has 0 bridgehead atoms. The molecule has 0 amide bonds. The van der Waals surface area contributed by atoms with Gasteiger partial charge in [0.15, 0.2) is 0 Å². The number of hydrogen-bond donors (Lipinski definition) is 1. The Morgan fingerprint density at radius 3 is 2.17 bits per heavy atom. The van der Waals surface area contributed by atoms with Gasteiger partial charge in [-0.05, 0) is 52.5 Å². The van der Waals surface area contributed by atoms with Crippen LogP contribution in [-0.2, 0) is 0 Å². The van der Waals surface area contributed by atoms with E-state index in [4.69, 9.17) is 0 Å². The smallest absolute Gasteiger partial charge is 0.0110 e. The minimum absolute atomic E-state index is 0.911. The fourth-order valence-corrected chi connectivity index (χ4v) is 2.88. The van der Waals surface area contributed by atoms with Crippen LogP contribution in [-0.4, -0.2) is 87.7 Å². The summed E-state index contributed by atoms with van der Waals surface area (Å²) >= 11 is 0. The van der Waals surface area contributed by atoms with Crippen LogP contribution in [0.1, 0.15) is 12.8 Å². The zero-order valence-electron chi connectivity index (χ0n) is 12.2. The van der Waals surface area contributed by atoms with E-state index < -0.39 is 0 Å². The largest absolute Gasteiger partial charge is 0.315 e. The van der Waals surface area contributed by atoms with Crippen LogP contribution < -0.4 is 5.32 Å². The number of nitrogens with zero attached hydrogens (tertiary/aromatic N) is 3. The SMILES string of the molecule is CN1CCC(CNCCN2CCN(C)CC2)CC1. The number of piperidine rings is 1. The van der Waals surface area contributed by atoms with E-state index in [2.05, 4.69) is 34.1 Å². The van der Waals surface area contributed by atoms with Gasteiger partial charge in [0.05, 0.1) is 0 Å². The lowest BCUT2D eigenvalue weighted by molar-refractivity contribution is 0.153. The molecule has 2 aliphatic heterocycles. The van der Waals surface area contributed by atoms with Crippen LogP contribution in [0.5, 0.6) is 0 Å². The lowest BCUT2D eigenvalue weighted by Crippen LogP contribution is -2.46. The first-order chi connectivity index (χ1) is 8.74. The molecule has 1 N–H and O–H groups in total. The van der Waals surface area contributed by atoms with Crippen molar-refractivity contribution < 1.29 is 0 Å². The Bertz CT molecular complexity index is 194. The van der Waals surface area contributed by atoms with Gasteiger partial charge in [-0.3, -0.25) is 4.90 Å². The maximum Gasteiger partial charge on any atom is 0.0110 e. The number of likely N-dealkylation sites (N-methyl/N-ethyl adjacent to an activating group) is 1. The summed E-state index contributed by atoms with van der Waals surface area (Å²) in [6.45, 7) is 11.1. The summed E-state index contributed by atoms with van der Waals surface area (Å²) in [5.74, 6) is 0.911. The third-order valence-electron chi connectivity index (χ3n) is 4.47. The van der Waals surface area contributed by atoms with Gasteiger partial charge in [0.2, 0.25) is 0 Å². The van der Waals surface area contributed by atoms with E-state index in [9.17, 15) is 0 Å². The first kappa shape index (κ1) is 14.3. The third kappa shape index (κ3) is 4.84. The fourth-order valence-electron chi connectivity index (χ4n) is 2.88. The zero-order valence-corrected chi connectivity index (χ0v) is 12.2. The van der Waals surface area contributed by atoms with Crippen molar-refractivity contribution in [3.05, 3.63) is 0 Å². The molecule has 2 fully saturated rings. The predicted octanol–water partition coefficient (Wildman–Crippen LogP) is 0.165. The number of likely N-dealkylation sites (tertiary alicyclic amines) is 1. The topological polar surface area (TPSA) is 21.8 Å². The highest BCUT2D eigenvalue weighted by atomic mass is 15.2. The Morgan fingerprint density at radius 2 is 1.50 bits per heavy atom. The molecule has 18 heavy (non-hydrogen) atoms. The van der Waals surface area contributed by atoms with E-state index >= 15 is 0 Å². The minimum Gasteiger partial charge on any atom is -0.315 e. The summed E-state index contributed by atoms with van der Waals surface area (Å²) in [5, 5.41) is 3.65. The maximum absolute atomic E-state index is 3.65. The van der Waals surface area contributed by atoms with Gasteiger partial charge in [0.1, 0.15) is 0 Å². The van der Waals surface area contributed by atoms with Crippen LogP contribution in [0.3, 0.4) is 0 Å². The van der Waals surface area contributed by atoms with Crippen molar-refractivity contribution in [3.8, 4) is 0 Å². The second kappa shape index (κ2) is 7.43. The quantitative estimate of drug-likeness (QED) is 0.706. The molecule has 2 heterocycles. The van der Waals surface area contributed by atoms with Crippen LogP contribution in [0.15, 0.2) is 0 Å². The second-order valence-electron chi connectivity index (χ2n) is 6.10. The van der Waals surface area contributed by atoms with Crippen LogP contribution in [0.25, 0.3) is 0 Å². The predicted molar refractivity (Wildman–Crippen MR) is 77.0 cm³/mol. The number of nitrogens with one attached hydrogen (secondary N) is 1. The molecule has 2 saturated heterocycles. The highest BCUT2D eigenvalue weighted by Gasteiger charge is 2.16. The Labute approximate surface area is 112 Å². The molecule has 0 aromatic carbocycles. The third-order valence-corrected chi connectivity index (χ3v) is 4.47. The van der Waals surface area contributed by atoms with E-state index in [1.807, 2.05) is 0 Å². The lowest BCUT2D eigenvalue weighted by atomic mass is 9.97. The average molecular weight is 254 g/mol. The van der Waals surface area contributed by atoms with Gasteiger partial charge in [-0.2, -0.15) is 0 Å². The average Bonchev–Trinajstić information content (AvgIpc) is 2.39. The van der Waals surface area contributed by atoms with Crippen LogP contribution in [0.2, 0.25) is 0 Å². The lowest BCUT2D eigenvalue weighted by Gasteiger charge is -2.33. The van der Waals surface area contributed by atoms with E-state index in [0.717, 1.165) is 12.5 Å². The van der Waals surface area contributed by atoms with Crippen molar-refractivity contribution in [1.82, 2.24) is 20.0 Å². The summed E-state index contributed by atoms with van der Waals surface area (Å²) in [6, 6.07) is 0. The van der Waals surface area contributed by atoms with Gasteiger partial charge in [0, 0.05) is 39.3 Å². The summed E-state index contributed by atoms with van der Waals surface area (Å²) in [6.07, 6.45) is 2.75. The van der Waals surface area contributed by atoms with E-state index in [1.165, 1.54) is 65.2 Å². The van der Waals surface area contributed by atoms with Gasteiger partial charge in [0.25, 0.3) is 0 Å². The normalized spacial score (nSPS) is 25.7. The summed E-state index contributed by atoms with van der Waals surface area (Å²) in [4.78, 5) is 7.45. The van der Waals surface area contributed by atoms with Gasteiger partial charge in [-0.25, -0.2) is 0 Å². The van der Waals surface area contributed by atoms with Crippen molar-refractivity contribution in [2.45, 2.75) is 12.8 Å². The molecule has 0 spiro atoms. The summed E-state index contributed by atoms with van der Waals surface area (Å²) < 4.78 is 0. The summed E-state index contributed by atoms with van der Waals surface area (Å²) in [7, 11) is 4.45. The van der Waals surface area contributed by atoms with Crippen molar-refractivity contribution in [2.24, 2.45) is 5.92 Å². The number of piperazine rings is 1. The minimum atomic E-state index is 0.911.